The van der Waals surface area contributed by atoms with E-state index in [1.54, 1.807) is 48.5 Å². The highest BCUT2D eigenvalue weighted by Crippen LogP contribution is 2.38. The summed E-state index contributed by atoms with van der Waals surface area (Å²) in [5, 5.41) is 0. The maximum atomic E-state index is 13.4. The molecule has 0 saturated carbocycles. The highest BCUT2D eigenvalue weighted by atomic mass is 32.2. The van der Waals surface area contributed by atoms with Gasteiger partial charge in [0.1, 0.15) is 30.4 Å². The van der Waals surface area contributed by atoms with Crippen molar-refractivity contribution in [2.24, 2.45) is 0 Å². The van der Waals surface area contributed by atoms with E-state index in [9.17, 15) is 9.59 Å². The van der Waals surface area contributed by atoms with Crippen LogP contribution in [0.2, 0.25) is 0 Å². The van der Waals surface area contributed by atoms with Gasteiger partial charge in [0.05, 0.1) is 11.1 Å². The Labute approximate surface area is 252 Å². The number of thioether (sulfide) groups is 1. The number of carbonyl (C=O) groups excluding carboxylic acids is 2. The van der Waals surface area contributed by atoms with Crippen LogP contribution in [0.1, 0.15) is 60.2 Å². The minimum absolute atomic E-state index is 0.0720. The lowest BCUT2D eigenvalue weighted by Gasteiger charge is -2.45. The Morgan fingerprint density at radius 2 is 1.21 bits per heavy atom. The van der Waals surface area contributed by atoms with Crippen LogP contribution in [0.4, 0.5) is 0 Å². The van der Waals surface area contributed by atoms with Crippen LogP contribution >= 0.6 is 11.8 Å². The molecule has 224 valence electrons. The smallest absolute Gasteiger partial charge is 0.338 e. The van der Waals surface area contributed by atoms with Gasteiger partial charge in [-0.2, -0.15) is 0 Å². The van der Waals surface area contributed by atoms with Crippen molar-refractivity contribution >= 4 is 23.7 Å². The second kappa shape index (κ2) is 17.1. The van der Waals surface area contributed by atoms with Gasteiger partial charge in [-0.1, -0.05) is 93.0 Å². The fraction of sp³-hybridized carbons (Fsp3) is 0.412. The lowest BCUT2D eigenvalue weighted by Crippen LogP contribution is -2.61. The molecule has 1 heterocycles. The van der Waals surface area contributed by atoms with Gasteiger partial charge < -0.3 is 23.7 Å². The molecule has 0 aromatic heterocycles. The zero-order chi connectivity index (χ0) is 29.6. The van der Waals surface area contributed by atoms with E-state index in [0.29, 0.717) is 24.3 Å². The summed E-state index contributed by atoms with van der Waals surface area (Å²) in [5.74, 6) is -0.933. The Morgan fingerprint density at radius 3 is 1.79 bits per heavy atom. The minimum atomic E-state index is -0.804. The first-order valence-corrected chi connectivity index (χ1v) is 15.6. The molecule has 0 amide bonds. The molecule has 8 heteroatoms. The number of rotatable bonds is 15. The molecule has 3 aromatic carbocycles. The number of carbonyl (C=O) groups is 2. The van der Waals surface area contributed by atoms with Gasteiger partial charge in [0.15, 0.2) is 6.10 Å². The van der Waals surface area contributed by atoms with E-state index in [-0.39, 0.29) is 6.61 Å². The van der Waals surface area contributed by atoms with Gasteiger partial charge in [0.25, 0.3) is 0 Å². The molecule has 42 heavy (non-hydrogen) atoms. The number of esters is 2. The van der Waals surface area contributed by atoms with E-state index >= 15 is 0 Å². The third kappa shape index (κ3) is 9.16. The lowest BCUT2D eigenvalue weighted by atomic mass is 9.99. The summed E-state index contributed by atoms with van der Waals surface area (Å²) >= 11 is 1.49. The van der Waals surface area contributed by atoms with Crippen molar-refractivity contribution < 1.29 is 33.3 Å². The van der Waals surface area contributed by atoms with Crippen LogP contribution in [0.15, 0.2) is 95.9 Å². The van der Waals surface area contributed by atoms with E-state index in [0.717, 1.165) is 30.6 Å². The van der Waals surface area contributed by atoms with Gasteiger partial charge in [-0.05, 0) is 49.2 Å². The Bertz CT molecular complexity index is 1210. The molecule has 0 N–H and O–H groups in total. The summed E-state index contributed by atoms with van der Waals surface area (Å²) in [6.07, 6.45) is 0.700. The molecule has 0 spiro atoms. The van der Waals surface area contributed by atoms with E-state index in [4.69, 9.17) is 23.7 Å². The highest BCUT2D eigenvalue weighted by Gasteiger charge is 2.50. The number of hydrogen-bond donors (Lipinski definition) is 0. The van der Waals surface area contributed by atoms with Crippen molar-refractivity contribution in [2.75, 3.05) is 19.8 Å². The van der Waals surface area contributed by atoms with E-state index in [2.05, 4.69) is 13.8 Å². The van der Waals surface area contributed by atoms with Crippen LogP contribution in [0.3, 0.4) is 0 Å². The van der Waals surface area contributed by atoms with E-state index in [1.165, 1.54) is 11.8 Å². The SMILES string of the molecule is CCCCOC1C(OC(=O)c2ccccc2)[C@H](OCCCC)C(COC(=O)c2ccccc2)O[C@@H]1Sc1ccccc1. The van der Waals surface area contributed by atoms with Crippen LogP contribution < -0.4 is 0 Å². The lowest BCUT2D eigenvalue weighted by molar-refractivity contribution is -0.232. The summed E-state index contributed by atoms with van der Waals surface area (Å²) < 4.78 is 31.4. The van der Waals surface area contributed by atoms with Gasteiger partial charge in [0.2, 0.25) is 0 Å². The second-order valence-electron chi connectivity index (χ2n) is 10.1. The number of unbranched alkanes of at least 4 members (excludes halogenated alkanes) is 2. The molecule has 3 unspecified atom stereocenters. The maximum Gasteiger partial charge on any atom is 0.338 e. The largest absolute Gasteiger partial charge is 0.459 e. The molecule has 0 aliphatic carbocycles. The Kier molecular flexibility index (Phi) is 12.9. The fourth-order valence-corrected chi connectivity index (χ4v) is 5.71. The maximum absolute atomic E-state index is 13.4. The first-order chi connectivity index (χ1) is 20.6. The fourth-order valence-electron chi connectivity index (χ4n) is 4.56. The molecule has 0 radical (unpaired) electrons. The quantitative estimate of drug-likeness (QED) is 0.138. The molecule has 1 fully saturated rings. The van der Waals surface area contributed by atoms with Gasteiger partial charge >= 0.3 is 11.9 Å². The highest BCUT2D eigenvalue weighted by molar-refractivity contribution is 7.99. The predicted octanol–water partition coefficient (Wildman–Crippen LogP) is 6.96. The van der Waals surface area contributed by atoms with Gasteiger partial charge in [-0.25, -0.2) is 9.59 Å². The summed E-state index contributed by atoms with van der Waals surface area (Å²) in [6.45, 7) is 5.02. The zero-order valence-corrected chi connectivity index (χ0v) is 25.1. The number of hydrogen-bond acceptors (Lipinski definition) is 8. The topological polar surface area (TPSA) is 80.3 Å². The standard InChI is InChI=1S/C34H40O7S/c1-3-5-22-37-29-28(24-39-32(35)25-16-10-7-11-17-25)40-34(42-27-20-14-9-15-21-27)31(38-23-6-4-2)30(29)41-33(36)26-18-12-8-13-19-26/h7-21,28-31,34H,3-6,22-24H2,1-2H3/t28?,29-,30?,31?,34-/m1/s1. The van der Waals surface area contributed by atoms with Crippen molar-refractivity contribution in [3.05, 3.63) is 102 Å². The van der Waals surface area contributed by atoms with Crippen LogP contribution in [0.25, 0.3) is 0 Å². The molecule has 4 rings (SSSR count). The molecule has 1 aliphatic heterocycles. The summed E-state index contributed by atoms with van der Waals surface area (Å²) in [5.41, 5.74) is 0.326. The Hall–Kier alpha value is -3.17. The molecule has 5 atom stereocenters. The number of benzene rings is 3. The summed E-state index contributed by atoms with van der Waals surface area (Å²) in [6, 6.07) is 27.6. The molecule has 3 aromatic rings. The zero-order valence-electron chi connectivity index (χ0n) is 24.3. The first kappa shape index (κ1) is 31.8. The normalized spacial score (nSPS) is 21.9. The van der Waals surface area contributed by atoms with Gasteiger partial charge in [0, 0.05) is 18.1 Å². The van der Waals surface area contributed by atoms with Gasteiger partial charge in [-0.3, -0.25) is 0 Å². The molecule has 1 aliphatic rings. The van der Waals surface area contributed by atoms with Crippen LogP contribution in [-0.2, 0) is 23.7 Å². The minimum Gasteiger partial charge on any atom is -0.459 e. The van der Waals surface area contributed by atoms with Crippen molar-refractivity contribution in [1.82, 2.24) is 0 Å². The molecule has 0 bridgehead atoms. The van der Waals surface area contributed by atoms with Crippen molar-refractivity contribution in [3.63, 3.8) is 0 Å². The first-order valence-electron chi connectivity index (χ1n) is 14.7. The predicted molar refractivity (Wildman–Crippen MR) is 163 cm³/mol. The van der Waals surface area contributed by atoms with Gasteiger partial charge in [-0.15, -0.1) is 0 Å². The second-order valence-corrected chi connectivity index (χ2v) is 11.2. The Morgan fingerprint density at radius 1 is 0.690 bits per heavy atom. The molecular formula is C34H40O7S. The Balaban J connectivity index is 1.66. The molecule has 7 nitrogen and oxygen atoms in total. The molecule has 1 saturated heterocycles. The van der Waals surface area contributed by atoms with E-state index in [1.807, 2.05) is 42.5 Å². The summed E-state index contributed by atoms with van der Waals surface area (Å²) in [4.78, 5) is 27.3. The average molecular weight is 593 g/mol. The van der Waals surface area contributed by atoms with Crippen molar-refractivity contribution in [2.45, 2.75) is 74.3 Å². The molecular weight excluding hydrogens is 552 g/mol. The number of ether oxygens (including phenoxy) is 5. The van der Waals surface area contributed by atoms with Crippen molar-refractivity contribution in [1.29, 1.82) is 0 Å². The third-order valence-electron chi connectivity index (χ3n) is 6.84. The van der Waals surface area contributed by atoms with Crippen molar-refractivity contribution in [3.8, 4) is 0 Å². The third-order valence-corrected chi connectivity index (χ3v) is 8.00. The van der Waals surface area contributed by atoms with Crippen LogP contribution in [0.5, 0.6) is 0 Å². The summed E-state index contributed by atoms with van der Waals surface area (Å²) in [7, 11) is 0. The van der Waals surface area contributed by atoms with Crippen LogP contribution in [-0.4, -0.2) is 61.6 Å². The van der Waals surface area contributed by atoms with Crippen LogP contribution in [0, 0.1) is 0 Å². The average Bonchev–Trinajstić information content (AvgIpc) is 3.03. The monoisotopic (exact) mass is 592 g/mol. The van der Waals surface area contributed by atoms with E-state index < -0.39 is 41.8 Å².